The maximum Gasteiger partial charge on any atom is 0.0705 e. The van der Waals surface area contributed by atoms with Gasteiger partial charge in [0, 0.05) is 17.1 Å². The van der Waals surface area contributed by atoms with E-state index in [-0.39, 0.29) is 5.54 Å². The monoisotopic (exact) mass is 228 g/mol. The number of hydrogen-bond donors (Lipinski definition) is 1. The number of aromatic nitrogens is 1. The van der Waals surface area contributed by atoms with E-state index in [0.29, 0.717) is 5.92 Å². The van der Waals surface area contributed by atoms with Gasteiger partial charge in [-0.3, -0.25) is 4.98 Å². The van der Waals surface area contributed by atoms with Crippen molar-refractivity contribution in [3.8, 4) is 0 Å². The largest absolute Gasteiger partial charge is 0.321 e. The Labute approximate surface area is 103 Å². The highest BCUT2D eigenvalue weighted by molar-refractivity contribution is 5.83. The first-order valence-corrected chi connectivity index (χ1v) is 6.20. The van der Waals surface area contributed by atoms with Gasteiger partial charge in [-0.05, 0) is 30.5 Å². The molecular weight excluding hydrogens is 208 g/mol. The zero-order valence-corrected chi connectivity index (χ0v) is 10.8. The van der Waals surface area contributed by atoms with Crippen LogP contribution in [-0.4, -0.2) is 4.98 Å². The summed E-state index contributed by atoms with van der Waals surface area (Å²) >= 11 is 0. The Morgan fingerprint density at radius 3 is 2.76 bits per heavy atom. The van der Waals surface area contributed by atoms with E-state index >= 15 is 0 Å². The third-order valence-electron chi connectivity index (χ3n) is 3.86. The topological polar surface area (TPSA) is 38.9 Å². The van der Waals surface area contributed by atoms with Crippen LogP contribution in [0.15, 0.2) is 36.5 Å². The van der Waals surface area contributed by atoms with E-state index in [2.05, 4.69) is 37.9 Å². The number of benzene rings is 1. The minimum Gasteiger partial charge on any atom is -0.321 e. The molecule has 17 heavy (non-hydrogen) atoms. The van der Waals surface area contributed by atoms with Crippen molar-refractivity contribution in [3.63, 3.8) is 0 Å². The van der Waals surface area contributed by atoms with Crippen LogP contribution in [0.4, 0.5) is 0 Å². The maximum atomic E-state index is 6.53. The molecule has 0 fully saturated rings. The average molecular weight is 228 g/mol. The molecule has 0 saturated carbocycles. The first kappa shape index (κ1) is 12.1. The highest BCUT2D eigenvalue weighted by Gasteiger charge is 2.28. The molecule has 0 amide bonds. The molecule has 0 spiro atoms. The summed E-state index contributed by atoms with van der Waals surface area (Å²) in [5.41, 5.74) is 8.43. The van der Waals surface area contributed by atoms with Gasteiger partial charge < -0.3 is 5.73 Å². The number of fused-ring (bicyclic) bond motifs is 1. The van der Waals surface area contributed by atoms with Gasteiger partial charge in [-0.25, -0.2) is 0 Å². The van der Waals surface area contributed by atoms with E-state index in [9.17, 15) is 0 Å². The van der Waals surface area contributed by atoms with Crippen LogP contribution in [0.2, 0.25) is 0 Å². The smallest absolute Gasteiger partial charge is 0.0705 e. The van der Waals surface area contributed by atoms with Crippen molar-refractivity contribution in [2.75, 3.05) is 0 Å². The Hall–Kier alpha value is -1.41. The fourth-order valence-electron chi connectivity index (χ4n) is 2.26. The third kappa shape index (κ3) is 2.05. The lowest BCUT2D eigenvalue weighted by Gasteiger charge is -2.32. The summed E-state index contributed by atoms with van der Waals surface area (Å²) in [5.74, 6) is 0.438. The molecule has 0 aliphatic heterocycles. The normalized spacial score (nSPS) is 16.7. The highest BCUT2D eigenvalue weighted by atomic mass is 14.7. The minimum atomic E-state index is -0.308. The summed E-state index contributed by atoms with van der Waals surface area (Å²) in [6, 6.07) is 10.3. The first-order valence-electron chi connectivity index (χ1n) is 6.20. The maximum absolute atomic E-state index is 6.53. The second kappa shape index (κ2) is 4.46. The summed E-state index contributed by atoms with van der Waals surface area (Å²) in [6.45, 7) is 6.50. The van der Waals surface area contributed by atoms with Crippen LogP contribution in [-0.2, 0) is 5.54 Å². The Kier molecular flexibility index (Phi) is 3.16. The van der Waals surface area contributed by atoms with Crippen LogP contribution in [0.25, 0.3) is 10.9 Å². The molecule has 2 aromatic rings. The fourth-order valence-corrected chi connectivity index (χ4v) is 2.26. The molecule has 0 saturated heterocycles. The molecule has 0 aliphatic rings. The van der Waals surface area contributed by atoms with Gasteiger partial charge in [-0.2, -0.15) is 0 Å². The Morgan fingerprint density at radius 1 is 1.29 bits per heavy atom. The molecule has 0 aliphatic carbocycles. The zero-order valence-electron chi connectivity index (χ0n) is 10.8. The van der Waals surface area contributed by atoms with Crippen molar-refractivity contribution < 1.29 is 0 Å². The highest BCUT2D eigenvalue weighted by Crippen LogP contribution is 2.32. The molecule has 1 aromatic heterocycles. The van der Waals surface area contributed by atoms with Crippen molar-refractivity contribution in [3.05, 3.63) is 42.1 Å². The van der Waals surface area contributed by atoms with Crippen LogP contribution >= 0.6 is 0 Å². The fraction of sp³-hybridized carbons (Fsp3) is 0.400. The van der Waals surface area contributed by atoms with Gasteiger partial charge >= 0.3 is 0 Å². The van der Waals surface area contributed by atoms with Crippen LogP contribution in [0.5, 0.6) is 0 Å². The molecule has 2 atom stereocenters. The van der Waals surface area contributed by atoms with Crippen molar-refractivity contribution in [1.29, 1.82) is 0 Å². The van der Waals surface area contributed by atoms with Crippen LogP contribution in [0.1, 0.15) is 32.8 Å². The molecule has 2 heteroatoms. The molecule has 90 valence electrons. The van der Waals surface area contributed by atoms with Gasteiger partial charge in [0.25, 0.3) is 0 Å². The molecule has 1 aromatic carbocycles. The molecule has 1 heterocycles. The van der Waals surface area contributed by atoms with E-state index in [0.717, 1.165) is 11.9 Å². The molecule has 2 nitrogen and oxygen atoms in total. The quantitative estimate of drug-likeness (QED) is 0.873. The summed E-state index contributed by atoms with van der Waals surface area (Å²) in [5, 5.41) is 1.17. The summed E-state index contributed by atoms with van der Waals surface area (Å²) in [4.78, 5) is 4.38. The zero-order chi connectivity index (χ0) is 12.5. The Morgan fingerprint density at radius 2 is 2.06 bits per heavy atom. The number of nitrogens with zero attached hydrogens (tertiary/aromatic N) is 1. The molecule has 2 rings (SSSR count). The summed E-state index contributed by atoms with van der Waals surface area (Å²) < 4.78 is 0. The molecular formula is C15H20N2. The first-order chi connectivity index (χ1) is 8.07. The standard InChI is InChI=1S/C15H20N2/c1-4-11(2)15(3,16)13-8-5-9-14-12(13)7-6-10-17-14/h5-11H,4,16H2,1-3H3. The van der Waals surface area contributed by atoms with Gasteiger partial charge in [-0.15, -0.1) is 0 Å². The minimum absolute atomic E-state index is 0.308. The van der Waals surface area contributed by atoms with Crippen molar-refractivity contribution in [2.24, 2.45) is 11.7 Å². The van der Waals surface area contributed by atoms with Crippen LogP contribution in [0, 0.1) is 5.92 Å². The summed E-state index contributed by atoms with van der Waals surface area (Å²) in [6.07, 6.45) is 2.90. The van der Waals surface area contributed by atoms with Gasteiger partial charge in [0.05, 0.1) is 5.52 Å². The summed E-state index contributed by atoms with van der Waals surface area (Å²) in [7, 11) is 0. The van der Waals surface area contributed by atoms with Crippen LogP contribution in [0.3, 0.4) is 0 Å². The number of hydrogen-bond acceptors (Lipinski definition) is 2. The van der Waals surface area contributed by atoms with Gasteiger partial charge in [-0.1, -0.05) is 38.5 Å². The molecule has 2 unspecified atom stereocenters. The average Bonchev–Trinajstić information content (AvgIpc) is 2.37. The van der Waals surface area contributed by atoms with E-state index in [1.165, 1.54) is 10.9 Å². The second-order valence-corrected chi connectivity index (χ2v) is 4.97. The Bertz CT molecular complexity index is 512. The van der Waals surface area contributed by atoms with E-state index in [4.69, 9.17) is 5.73 Å². The van der Waals surface area contributed by atoms with E-state index in [1.54, 1.807) is 0 Å². The van der Waals surface area contributed by atoms with Crippen molar-refractivity contribution >= 4 is 10.9 Å². The van der Waals surface area contributed by atoms with Crippen molar-refractivity contribution in [2.45, 2.75) is 32.7 Å². The number of nitrogens with two attached hydrogens (primary N) is 1. The number of rotatable bonds is 3. The predicted octanol–water partition coefficient (Wildman–Crippen LogP) is 3.45. The van der Waals surface area contributed by atoms with Gasteiger partial charge in [0.2, 0.25) is 0 Å². The second-order valence-electron chi connectivity index (χ2n) is 4.97. The van der Waals surface area contributed by atoms with E-state index in [1.807, 2.05) is 24.4 Å². The predicted molar refractivity (Wildman–Crippen MR) is 72.7 cm³/mol. The molecule has 0 radical (unpaired) electrons. The lowest BCUT2D eigenvalue weighted by Crippen LogP contribution is -2.39. The van der Waals surface area contributed by atoms with Gasteiger partial charge in [0.1, 0.15) is 0 Å². The van der Waals surface area contributed by atoms with E-state index < -0.39 is 0 Å². The Balaban J connectivity index is 2.63. The van der Waals surface area contributed by atoms with Crippen molar-refractivity contribution in [1.82, 2.24) is 4.98 Å². The SMILES string of the molecule is CCC(C)C(C)(N)c1cccc2ncccc12. The lowest BCUT2D eigenvalue weighted by atomic mass is 9.78. The van der Waals surface area contributed by atoms with Crippen LogP contribution < -0.4 is 5.73 Å². The third-order valence-corrected chi connectivity index (χ3v) is 3.86. The molecule has 2 N–H and O–H groups in total. The van der Waals surface area contributed by atoms with Gasteiger partial charge in [0.15, 0.2) is 0 Å². The number of pyridine rings is 1. The lowest BCUT2D eigenvalue weighted by molar-refractivity contribution is 0.318. The molecule has 0 bridgehead atoms.